The summed E-state index contributed by atoms with van der Waals surface area (Å²) in [5, 5.41) is 0. The molecule has 0 saturated carbocycles. The molecule has 2 aromatic rings. The van der Waals surface area contributed by atoms with Gasteiger partial charge in [0.2, 0.25) is 0 Å². The maximum Gasteiger partial charge on any atom is 0.251 e. The lowest BCUT2D eigenvalue weighted by Crippen LogP contribution is -2.20. The van der Waals surface area contributed by atoms with Crippen LogP contribution in [0.25, 0.3) is 0 Å². The Kier molecular flexibility index (Phi) is 3.61. The number of benzene rings is 1. The molecule has 17 heavy (non-hydrogen) atoms. The topological polar surface area (TPSA) is 22.0 Å². The van der Waals surface area contributed by atoms with E-state index in [0.717, 1.165) is 9.13 Å². The SMILES string of the molecule is Cc1cc(=O)n(Cc2ccccc2F)cc1I. The first-order valence-electron chi connectivity index (χ1n) is 5.18. The van der Waals surface area contributed by atoms with Crippen molar-refractivity contribution >= 4 is 22.6 Å². The van der Waals surface area contributed by atoms with Crippen molar-refractivity contribution in [1.29, 1.82) is 0 Å². The predicted octanol–water partition coefficient (Wildman–Crippen LogP) is 2.95. The van der Waals surface area contributed by atoms with Gasteiger partial charge in [-0.3, -0.25) is 4.79 Å². The number of aryl methyl sites for hydroxylation is 1. The number of nitrogens with zero attached hydrogens (tertiary/aromatic N) is 1. The second kappa shape index (κ2) is 5.00. The van der Waals surface area contributed by atoms with Crippen molar-refractivity contribution in [3.05, 3.63) is 67.4 Å². The van der Waals surface area contributed by atoms with Gasteiger partial charge >= 0.3 is 0 Å². The summed E-state index contributed by atoms with van der Waals surface area (Å²) >= 11 is 2.16. The summed E-state index contributed by atoms with van der Waals surface area (Å²) in [4.78, 5) is 11.7. The quantitative estimate of drug-likeness (QED) is 0.769. The summed E-state index contributed by atoms with van der Waals surface area (Å²) in [7, 11) is 0. The van der Waals surface area contributed by atoms with Gasteiger partial charge in [-0.25, -0.2) is 4.39 Å². The third-order valence-corrected chi connectivity index (χ3v) is 3.70. The highest BCUT2D eigenvalue weighted by Gasteiger charge is 2.05. The lowest BCUT2D eigenvalue weighted by Gasteiger charge is -2.08. The van der Waals surface area contributed by atoms with Crippen LogP contribution in [0.4, 0.5) is 4.39 Å². The summed E-state index contributed by atoms with van der Waals surface area (Å²) in [5.41, 5.74) is 1.36. The second-order valence-electron chi connectivity index (χ2n) is 3.86. The summed E-state index contributed by atoms with van der Waals surface area (Å²) in [6.45, 7) is 2.15. The van der Waals surface area contributed by atoms with Gasteiger partial charge in [-0.1, -0.05) is 18.2 Å². The molecule has 0 radical (unpaired) electrons. The number of pyridine rings is 1. The average Bonchev–Trinajstić information content (AvgIpc) is 2.29. The van der Waals surface area contributed by atoms with Gasteiger partial charge in [-0.2, -0.15) is 0 Å². The van der Waals surface area contributed by atoms with E-state index >= 15 is 0 Å². The van der Waals surface area contributed by atoms with E-state index in [1.807, 2.05) is 6.92 Å². The van der Waals surface area contributed by atoms with Crippen molar-refractivity contribution in [2.75, 3.05) is 0 Å². The zero-order chi connectivity index (χ0) is 12.4. The first-order chi connectivity index (χ1) is 8.08. The summed E-state index contributed by atoms with van der Waals surface area (Å²) < 4.78 is 16.0. The van der Waals surface area contributed by atoms with Crippen LogP contribution in [0.1, 0.15) is 11.1 Å². The van der Waals surface area contributed by atoms with Crippen LogP contribution >= 0.6 is 22.6 Å². The molecule has 1 heterocycles. The van der Waals surface area contributed by atoms with Crippen LogP contribution in [0, 0.1) is 16.3 Å². The Balaban J connectivity index is 2.41. The molecule has 1 aromatic carbocycles. The lowest BCUT2D eigenvalue weighted by molar-refractivity contribution is 0.596. The minimum absolute atomic E-state index is 0.105. The van der Waals surface area contributed by atoms with E-state index in [9.17, 15) is 9.18 Å². The Labute approximate surface area is 112 Å². The molecule has 0 atom stereocenters. The zero-order valence-electron chi connectivity index (χ0n) is 9.28. The highest BCUT2D eigenvalue weighted by molar-refractivity contribution is 14.1. The smallest absolute Gasteiger partial charge is 0.251 e. The molecular formula is C13H11FINO. The fraction of sp³-hybridized carbons (Fsp3) is 0.154. The van der Waals surface area contributed by atoms with E-state index < -0.39 is 0 Å². The Hall–Kier alpha value is -1.17. The fourth-order valence-corrected chi connectivity index (χ4v) is 2.06. The van der Waals surface area contributed by atoms with Crippen LogP contribution in [0.15, 0.2) is 41.3 Å². The van der Waals surface area contributed by atoms with E-state index in [2.05, 4.69) is 22.6 Å². The van der Waals surface area contributed by atoms with Gasteiger partial charge < -0.3 is 4.57 Å². The molecule has 88 valence electrons. The Morgan fingerprint density at radius 1 is 1.35 bits per heavy atom. The van der Waals surface area contributed by atoms with E-state index in [1.54, 1.807) is 30.5 Å². The van der Waals surface area contributed by atoms with Gasteiger partial charge in [-0.15, -0.1) is 0 Å². The van der Waals surface area contributed by atoms with E-state index in [-0.39, 0.29) is 17.9 Å². The third-order valence-electron chi connectivity index (χ3n) is 2.57. The molecule has 0 spiro atoms. The van der Waals surface area contributed by atoms with Crippen LogP contribution in [0.5, 0.6) is 0 Å². The van der Waals surface area contributed by atoms with Gasteiger partial charge in [0.1, 0.15) is 5.82 Å². The molecule has 0 bridgehead atoms. The van der Waals surface area contributed by atoms with Gasteiger partial charge in [0.15, 0.2) is 0 Å². The summed E-state index contributed by atoms with van der Waals surface area (Å²) in [5.74, 6) is -0.282. The Morgan fingerprint density at radius 2 is 2.06 bits per heavy atom. The van der Waals surface area contributed by atoms with E-state index in [1.165, 1.54) is 10.6 Å². The van der Waals surface area contributed by atoms with Gasteiger partial charge in [-0.05, 0) is 41.1 Å². The molecule has 2 rings (SSSR count). The van der Waals surface area contributed by atoms with Crippen LogP contribution in [-0.4, -0.2) is 4.57 Å². The Morgan fingerprint density at radius 3 is 2.76 bits per heavy atom. The molecule has 0 aliphatic carbocycles. The molecule has 2 nitrogen and oxygen atoms in total. The average molecular weight is 343 g/mol. The van der Waals surface area contributed by atoms with Gasteiger partial charge in [0, 0.05) is 21.4 Å². The molecule has 0 saturated heterocycles. The van der Waals surface area contributed by atoms with Crippen molar-refractivity contribution in [1.82, 2.24) is 4.57 Å². The molecule has 0 fully saturated rings. The molecule has 1 aromatic heterocycles. The van der Waals surface area contributed by atoms with Gasteiger partial charge in [0.05, 0.1) is 6.54 Å². The molecule has 0 aliphatic heterocycles. The summed E-state index contributed by atoms with van der Waals surface area (Å²) in [6, 6.07) is 8.07. The van der Waals surface area contributed by atoms with E-state index in [0.29, 0.717) is 5.56 Å². The number of hydrogen-bond donors (Lipinski definition) is 0. The number of hydrogen-bond acceptors (Lipinski definition) is 1. The van der Waals surface area contributed by atoms with Crippen LogP contribution in [-0.2, 0) is 6.54 Å². The van der Waals surface area contributed by atoms with E-state index in [4.69, 9.17) is 0 Å². The largest absolute Gasteiger partial charge is 0.310 e. The van der Waals surface area contributed by atoms with Gasteiger partial charge in [0.25, 0.3) is 5.56 Å². The predicted molar refractivity (Wildman–Crippen MR) is 73.7 cm³/mol. The summed E-state index contributed by atoms with van der Waals surface area (Å²) in [6.07, 6.45) is 1.75. The molecule has 4 heteroatoms. The van der Waals surface area contributed by atoms with Crippen LogP contribution in [0.2, 0.25) is 0 Å². The maximum absolute atomic E-state index is 13.5. The first kappa shape index (κ1) is 12.3. The van der Waals surface area contributed by atoms with Crippen molar-refractivity contribution in [2.24, 2.45) is 0 Å². The molecule has 0 aliphatic rings. The minimum Gasteiger partial charge on any atom is -0.310 e. The third kappa shape index (κ3) is 2.74. The van der Waals surface area contributed by atoms with Crippen molar-refractivity contribution in [3.8, 4) is 0 Å². The molecular weight excluding hydrogens is 332 g/mol. The maximum atomic E-state index is 13.5. The van der Waals surface area contributed by atoms with Crippen molar-refractivity contribution < 1.29 is 4.39 Å². The monoisotopic (exact) mass is 343 g/mol. The molecule has 0 N–H and O–H groups in total. The van der Waals surface area contributed by atoms with Crippen LogP contribution < -0.4 is 5.56 Å². The standard InChI is InChI=1S/C13H11FINO/c1-9-6-13(17)16(8-12(9)15)7-10-4-2-3-5-11(10)14/h2-6,8H,7H2,1H3. The minimum atomic E-state index is -0.282. The van der Waals surface area contributed by atoms with Crippen molar-refractivity contribution in [3.63, 3.8) is 0 Å². The highest BCUT2D eigenvalue weighted by atomic mass is 127. The first-order valence-corrected chi connectivity index (χ1v) is 6.26. The van der Waals surface area contributed by atoms with Crippen LogP contribution in [0.3, 0.4) is 0 Å². The molecule has 0 unspecified atom stereocenters. The number of rotatable bonds is 2. The lowest BCUT2D eigenvalue weighted by atomic mass is 10.2. The Bertz CT molecular complexity index is 607. The normalized spacial score (nSPS) is 10.5. The van der Waals surface area contributed by atoms with Crippen molar-refractivity contribution in [2.45, 2.75) is 13.5 Å². The zero-order valence-corrected chi connectivity index (χ0v) is 11.4. The number of halogens is 2. The fourth-order valence-electron chi connectivity index (χ4n) is 1.57. The second-order valence-corrected chi connectivity index (χ2v) is 5.02. The highest BCUT2D eigenvalue weighted by Crippen LogP contribution is 2.11. The molecule has 0 amide bonds. The number of aromatic nitrogens is 1.